The minimum atomic E-state index is -0.485. The van der Waals surface area contributed by atoms with Gasteiger partial charge in [-0.05, 0) is 36.8 Å². The number of ether oxygens (including phenoxy) is 1. The predicted molar refractivity (Wildman–Crippen MR) is 79.8 cm³/mol. The summed E-state index contributed by atoms with van der Waals surface area (Å²) >= 11 is 0. The summed E-state index contributed by atoms with van der Waals surface area (Å²) in [7, 11) is 1.31. The number of hydrogen-bond acceptors (Lipinski definition) is 3. The third-order valence-corrected chi connectivity index (χ3v) is 3.23. The van der Waals surface area contributed by atoms with E-state index in [0.717, 1.165) is 18.7 Å². The first-order valence-corrected chi connectivity index (χ1v) is 6.91. The maximum atomic E-state index is 13.4. The van der Waals surface area contributed by atoms with Crippen molar-refractivity contribution in [2.75, 3.05) is 12.4 Å². The standard InChI is InChI=1S/C16H19FN2O2/c1-3-8-19-9-4-5-13(19)11-18-15-10-12(17)6-7-14(15)16(20)21-2/h4-7,9-10,18H,3,8,11H2,1-2H3. The summed E-state index contributed by atoms with van der Waals surface area (Å²) in [6.07, 6.45) is 3.04. The van der Waals surface area contributed by atoms with Crippen molar-refractivity contribution in [3.05, 3.63) is 53.6 Å². The quantitative estimate of drug-likeness (QED) is 0.829. The minimum Gasteiger partial charge on any atom is -0.465 e. The van der Waals surface area contributed by atoms with Crippen molar-refractivity contribution in [1.29, 1.82) is 0 Å². The van der Waals surface area contributed by atoms with Crippen molar-refractivity contribution in [3.8, 4) is 0 Å². The van der Waals surface area contributed by atoms with Gasteiger partial charge in [0.15, 0.2) is 0 Å². The summed E-state index contributed by atoms with van der Waals surface area (Å²) in [5.41, 5.74) is 1.84. The molecule has 1 heterocycles. The third kappa shape index (κ3) is 3.62. The predicted octanol–water partition coefficient (Wildman–Crippen LogP) is 3.44. The molecule has 0 bridgehead atoms. The Labute approximate surface area is 123 Å². The van der Waals surface area contributed by atoms with Crippen LogP contribution in [0.1, 0.15) is 29.4 Å². The number of methoxy groups -OCH3 is 1. The zero-order valence-electron chi connectivity index (χ0n) is 12.2. The summed E-state index contributed by atoms with van der Waals surface area (Å²) in [6.45, 7) is 3.55. The maximum absolute atomic E-state index is 13.4. The van der Waals surface area contributed by atoms with Gasteiger partial charge < -0.3 is 14.6 Å². The zero-order chi connectivity index (χ0) is 15.2. The molecule has 0 fully saturated rings. The van der Waals surface area contributed by atoms with Crippen LogP contribution < -0.4 is 5.32 Å². The number of halogens is 1. The fourth-order valence-corrected chi connectivity index (χ4v) is 2.21. The molecule has 0 amide bonds. The number of nitrogens with one attached hydrogen (secondary N) is 1. The summed E-state index contributed by atoms with van der Waals surface area (Å²) < 4.78 is 20.2. The lowest BCUT2D eigenvalue weighted by atomic mass is 10.1. The van der Waals surface area contributed by atoms with Crippen LogP contribution in [0.3, 0.4) is 0 Å². The number of aromatic nitrogens is 1. The molecule has 1 aromatic heterocycles. The number of carbonyl (C=O) groups is 1. The molecule has 0 radical (unpaired) electrons. The first kappa shape index (κ1) is 15.1. The van der Waals surface area contributed by atoms with Crippen molar-refractivity contribution in [2.45, 2.75) is 26.4 Å². The van der Waals surface area contributed by atoms with E-state index < -0.39 is 11.8 Å². The second kappa shape index (κ2) is 6.92. The Hall–Kier alpha value is -2.30. The van der Waals surface area contributed by atoms with Crippen LogP contribution in [0, 0.1) is 5.82 Å². The average molecular weight is 290 g/mol. The normalized spacial score (nSPS) is 10.4. The monoisotopic (exact) mass is 290 g/mol. The van der Waals surface area contributed by atoms with E-state index in [2.05, 4.69) is 16.8 Å². The van der Waals surface area contributed by atoms with Crippen LogP contribution in [0.5, 0.6) is 0 Å². The van der Waals surface area contributed by atoms with Crippen molar-refractivity contribution in [1.82, 2.24) is 4.57 Å². The van der Waals surface area contributed by atoms with E-state index in [1.165, 1.54) is 25.3 Å². The average Bonchev–Trinajstić information content (AvgIpc) is 2.92. The molecule has 0 aliphatic carbocycles. The number of carbonyl (C=O) groups excluding carboxylic acids is 1. The molecular formula is C16H19FN2O2. The van der Waals surface area contributed by atoms with Crippen LogP contribution in [0.2, 0.25) is 0 Å². The molecule has 2 rings (SSSR count). The molecule has 0 atom stereocenters. The van der Waals surface area contributed by atoms with Crippen molar-refractivity contribution < 1.29 is 13.9 Å². The Morgan fingerprint density at radius 3 is 2.90 bits per heavy atom. The van der Waals surface area contributed by atoms with Crippen LogP contribution in [-0.4, -0.2) is 17.6 Å². The number of rotatable bonds is 6. The van der Waals surface area contributed by atoms with Gasteiger partial charge in [-0.2, -0.15) is 0 Å². The lowest BCUT2D eigenvalue weighted by Gasteiger charge is -2.13. The van der Waals surface area contributed by atoms with Gasteiger partial charge in [0, 0.05) is 18.4 Å². The molecule has 0 saturated carbocycles. The van der Waals surface area contributed by atoms with Crippen LogP contribution >= 0.6 is 0 Å². The zero-order valence-corrected chi connectivity index (χ0v) is 12.2. The summed E-state index contributed by atoms with van der Waals surface area (Å²) in [5, 5.41) is 3.11. The van der Waals surface area contributed by atoms with E-state index in [1.807, 2.05) is 18.3 Å². The van der Waals surface area contributed by atoms with Crippen molar-refractivity contribution in [3.63, 3.8) is 0 Å². The lowest BCUT2D eigenvalue weighted by Crippen LogP contribution is -2.11. The van der Waals surface area contributed by atoms with Crippen LogP contribution in [0.4, 0.5) is 10.1 Å². The number of aryl methyl sites for hydroxylation is 1. The Balaban J connectivity index is 2.17. The van der Waals surface area contributed by atoms with Crippen molar-refractivity contribution >= 4 is 11.7 Å². The van der Waals surface area contributed by atoms with Gasteiger partial charge in [-0.3, -0.25) is 0 Å². The number of nitrogens with zero attached hydrogens (tertiary/aromatic N) is 1. The molecule has 0 spiro atoms. The number of anilines is 1. The van der Waals surface area contributed by atoms with E-state index in [4.69, 9.17) is 4.74 Å². The Morgan fingerprint density at radius 1 is 1.38 bits per heavy atom. The fourth-order valence-electron chi connectivity index (χ4n) is 2.21. The van der Waals surface area contributed by atoms with Crippen LogP contribution in [0.25, 0.3) is 0 Å². The summed E-state index contributed by atoms with van der Waals surface area (Å²) in [4.78, 5) is 11.7. The van der Waals surface area contributed by atoms with Gasteiger partial charge in [-0.1, -0.05) is 6.92 Å². The van der Waals surface area contributed by atoms with Crippen LogP contribution in [-0.2, 0) is 17.8 Å². The van der Waals surface area contributed by atoms with Gasteiger partial charge in [0.1, 0.15) is 5.82 Å². The molecular weight excluding hydrogens is 271 g/mol. The number of esters is 1. The highest BCUT2D eigenvalue weighted by Crippen LogP contribution is 2.19. The van der Waals surface area contributed by atoms with Crippen LogP contribution in [0.15, 0.2) is 36.5 Å². The first-order chi connectivity index (χ1) is 10.2. The first-order valence-electron chi connectivity index (χ1n) is 6.91. The fraction of sp³-hybridized carbons (Fsp3) is 0.312. The lowest BCUT2D eigenvalue weighted by molar-refractivity contribution is 0.0602. The SMILES string of the molecule is CCCn1cccc1CNc1cc(F)ccc1C(=O)OC. The second-order valence-corrected chi connectivity index (χ2v) is 4.73. The van der Waals surface area contributed by atoms with Crippen molar-refractivity contribution in [2.24, 2.45) is 0 Å². The minimum absolute atomic E-state index is 0.326. The molecule has 0 aliphatic heterocycles. The van der Waals surface area contributed by atoms with Gasteiger partial charge in [0.25, 0.3) is 0 Å². The molecule has 4 nitrogen and oxygen atoms in total. The van der Waals surface area contributed by atoms with Gasteiger partial charge in [-0.25, -0.2) is 9.18 Å². The highest BCUT2D eigenvalue weighted by Gasteiger charge is 2.13. The molecule has 0 unspecified atom stereocenters. The van der Waals surface area contributed by atoms with E-state index in [-0.39, 0.29) is 0 Å². The second-order valence-electron chi connectivity index (χ2n) is 4.73. The highest BCUT2D eigenvalue weighted by molar-refractivity contribution is 5.95. The van der Waals surface area contributed by atoms with Gasteiger partial charge >= 0.3 is 5.97 Å². The van der Waals surface area contributed by atoms with E-state index in [9.17, 15) is 9.18 Å². The number of benzene rings is 1. The Bertz CT molecular complexity index is 622. The van der Waals surface area contributed by atoms with E-state index >= 15 is 0 Å². The van der Waals surface area contributed by atoms with E-state index in [0.29, 0.717) is 17.8 Å². The third-order valence-electron chi connectivity index (χ3n) is 3.23. The largest absolute Gasteiger partial charge is 0.465 e. The Kier molecular flexibility index (Phi) is 4.98. The van der Waals surface area contributed by atoms with Gasteiger partial charge in [0.05, 0.1) is 24.9 Å². The van der Waals surface area contributed by atoms with Gasteiger partial charge in [-0.15, -0.1) is 0 Å². The molecule has 0 aliphatic rings. The molecule has 5 heteroatoms. The Morgan fingerprint density at radius 2 is 2.19 bits per heavy atom. The molecule has 1 N–H and O–H groups in total. The molecule has 1 aromatic carbocycles. The smallest absolute Gasteiger partial charge is 0.339 e. The molecule has 21 heavy (non-hydrogen) atoms. The van der Waals surface area contributed by atoms with E-state index in [1.54, 1.807) is 0 Å². The topological polar surface area (TPSA) is 43.3 Å². The molecule has 0 saturated heterocycles. The highest BCUT2D eigenvalue weighted by atomic mass is 19.1. The summed E-state index contributed by atoms with van der Waals surface area (Å²) in [6, 6.07) is 7.95. The molecule has 112 valence electrons. The maximum Gasteiger partial charge on any atom is 0.339 e. The van der Waals surface area contributed by atoms with Gasteiger partial charge in [0.2, 0.25) is 0 Å². The summed E-state index contributed by atoms with van der Waals surface area (Å²) in [5.74, 6) is -0.879. The molecule has 2 aromatic rings. The number of hydrogen-bond donors (Lipinski definition) is 1.